The van der Waals surface area contributed by atoms with E-state index in [4.69, 9.17) is 4.74 Å². The molecule has 24 heavy (non-hydrogen) atoms. The van der Waals surface area contributed by atoms with Crippen molar-refractivity contribution >= 4 is 17.4 Å². The Balaban J connectivity index is 1.83. The molecule has 2 atom stereocenters. The van der Waals surface area contributed by atoms with Gasteiger partial charge in [-0.15, -0.1) is 0 Å². The summed E-state index contributed by atoms with van der Waals surface area (Å²) in [6, 6.07) is 10.7. The molecule has 0 saturated carbocycles. The molecule has 3 rings (SSSR count). The number of aromatic nitrogens is 1. The van der Waals surface area contributed by atoms with Crippen LogP contribution in [0.4, 0.5) is 11.5 Å². The maximum Gasteiger partial charge on any atom is 0.406 e. The third-order valence-corrected chi connectivity index (χ3v) is 4.02. The van der Waals surface area contributed by atoms with Gasteiger partial charge in [-0.2, -0.15) is 0 Å². The zero-order valence-corrected chi connectivity index (χ0v) is 13.4. The number of anilines is 1. The molecule has 1 aromatic carbocycles. The number of nitro groups is 1. The van der Waals surface area contributed by atoms with Crippen LogP contribution in [0.2, 0.25) is 0 Å². The number of pyridine rings is 1. The SMILES string of the molecule is C[C@@H]1Cc2ccccc2N1C(=O)[C@@H](C)Oc1cccnc1[N+](=O)[O-]. The zero-order chi connectivity index (χ0) is 17.3. The van der Waals surface area contributed by atoms with Crippen molar-refractivity contribution in [1.29, 1.82) is 0 Å². The average molecular weight is 327 g/mol. The van der Waals surface area contributed by atoms with Crippen LogP contribution in [0.5, 0.6) is 5.75 Å². The third kappa shape index (κ3) is 2.80. The number of hydrogen-bond acceptors (Lipinski definition) is 5. The highest BCUT2D eigenvalue weighted by Crippen LogP contribution is 2.33. The summed E-state index contributed by atoms with van der Waals surface area (Å²) in [5, 5.41) is 11.0. The summed E-state index contributed by atoms with van der Waals surface area (Å²) < 4.78 is 5.55. The number of rotatable bonds is 4. The van der Waals surface area contributed by atoms with Gasteiger partial charge in [0, 0.05) is 11.7 Å². The maximum absolute atomic E-state index is 12.8. The van der Waals surface area contributed by atoms with E-state index in [1.54, 1.807) is 11.8 Å². The lowest BCUT2D eigenvalue weighted by molar-refractivity contribution is -0.390. The second kappa shape index (κ2) is 6.27. The Bertz CT molecular complexity index is 793. The van der Waals surface area contributed by atoms with Crippen LogP contribution < -0.4 is 9.64 Å². The molecule has 0 bridgehead atoms. The maximum atomic E-state index is 12.8. The lowest BCUT2D eigenvalue weighted by Crippen LogP contribution is -2.43. The number of benzene rings is 1. The minimum Gasteiger partial charge on any atom is -0.473 e. The topological polar surface area (TPSA) is 85.6 Å². The molecule has 7 heteroatoms. The average Bonchev–Trinajstić information content (AvgIpc) is 2.90. The Labute approximate surface area is 139 Å². The molecule has 1 amide bonds. The smallest absolute Gasteiger partial charge is 0.406 e. The second-order valence-corrected chi connectivity index (χ2v) is 5.73. The Kier molecular flexibility index (Phi) is 4.16. The van der Waals surface area contributed by atoms with Gasteiger partial charge in [0.1, 0.15) is 6.20 Å². The highest BCUT2D eigenvalue weighted by Gasteiger charge is 2.34. The molecule has 1 aliphatic rings. The van der Waals surface area contributed by atoms with E-state index >= 15 is 0 Å². The van der Waals surface area contributed by atoms with Gasteiger partial charge in [0.05, 0.1) is 0 Å². The van der Waals surface area contributed by atoms with Crippen molar-refractivity contribution < 1.29 is 14.5 Å². The minimum absolute atomic E-state index is 0.0107. The number of carbonyl (C=O) groups excluding carboxylic acids is 1. The summed E-state index contributed by atoms with van der Waals surface area (Å²) in [5.74, 6) is -0.638. The largest absolute Gasteiger partial charge is 0.473 e. The summed E-state index contributed by atoms with van der Waals surface area (Å²) in [4.78, 5) is 28.6. The van der Waals surface area contributed by atoms with Gasteiger partial charge in [0.25, 0.3) is 5.91 Å². The van der Waals surface area contributed by atoms with Crippen molar-refractivity contribution in [1.82, 2.24) is 4.98 Å². The number of amides is 1. The summed E-state index contributed by atoms with van der Waals surface area (Å²) in [6.07, 6.45) is 1.24. The van der Waals surface area contributed by atoms with Gasteiger partial charge >= 0.3 is 5.82 Å². The van der Waals surface area contributed by atoms with Crippen LogP contribution in [-0.4, -0.2) is 28.0 Å². The quantitative estimate of drug-likeness (QED) is 0.636. The van der Waals surface area contributed by atoms with Crippen molar-refractivity contribution in [2.75, 3.05) is 4.90 Å². The first-order valence-electron chi connectivity index (χ1n) is 7.66. The van der Waals surface area contributed by atoms with Crippen LogP contribution in [0.1, 0.15) is 19.4 Å². The van der Waals surface area contributed by atoms with Gasteiger partial charge in [0.2, 0.25) is 5.75 Å². The highest BCUT2D eigenvalue weighted by molar-refractivity contribution is 5.99. The molecule has 1 aliphatic heterocycles. The molecule has 7 nitrogen and oxygen atoms in total. The van der Waals surface area contributed by atoms with E-state index in [1.807, 2.05) is 31.2 Å². The number of ether oxygens (including phenoxy) is 1. The normalized spacial score (nSPS) is 17.2. The number of nitrogens with zero attached hydrogens (tertiary/aromatic N) is 3. The number of carbonyl (C=O) groups is 1. The standard InChI is InChI=1S/C17H17N3O4/c1-11-10-13-6-3-4-7-14(13)19(11)17(21)12(2)24-15-8-5-9-18-16(15)20(22)23/h3-9,11-12H,10H2,1-2H3/t11-,12-/m1/s1. The summed E-state index contributed by atoms with van der Waals surface area (Å²) in [7, 11) is 0. The van der Waals surface area contributed by atoms with Crippen LogP contribution in [0.15, 0.2) is 42.6 Å². The van der Waals surface area contributed by atoms with E-state index in [0.29, 0.717) is 0 Å². The van der Waals surface area contributed by atoms with E-state index < -0.39 is 16.8 Å². The zero-order valence-electron chi connectivity index (χ0n) is 13.4. The fourth-order valence-electron chi connectivity index (χ4n) is 2.95. The van der Waals surface area contributed by atoms with E-state index in [2.05, 4.69) is 4.98 Å². The summed E-state index contributed by atoms with van der Waals surface area (Å²) in [5.41, 5.74) is 1.98. The van der Waals surface area contributed by atoms with E-state index in [9.17, 15) is 14.9 Å². The predicted octanol–water partition coefficient (Wildman–Crippen LogP) is 2.73. The Morgan fingerprint density at radius 2 is 2.12 bits per heavy atom. The van der Waals surface area contributed by atoms with Gasteiger partial charge < -0.3 is 19.8 Å². The lowest BCUT2D eigenvalue weighted by atomic mass is 10.1. The first kappa shape index (κ1) is 15.9. The van der Waals surface area contributed by atoms with Gasteiger partial charge in [-0.05, 0) is 53.9 Å². The van der Waals surface area contributed by atoms with Crippen molar-refractivity contribution in [2.24, 2.45) is 0 Å². The first-order valence-corrected chi connectivity index (χ1v) is 7.66. The van der Waals surface area contributed by atoms with Crippen LogP contribution in [0.25, 0.3) is 0 Å². The van der Waals surface area contributed by atoms with Crippen LogP contribution in [0, 0.1) is 10.1 Å². The van der Waals surface area contributed by atoms with Crippen LogP contribution in [-0.2, 0) is 11.2 Å². The van der Waals surface area contributed by atoms with Crippen LogP contribution in [0.3, 0.4) is 0 Å². The molecule has 2 aromatic rings. The summed E-state index contributed by atoms with van der Waals surface area (Å²) >= 11 is 0. The lowest BCUT2D eigenvalue weighted by Gasteiger charge is -2.26. The number of fused-ring (bicyclic) bond motifs is 1. The molecule has 0 spiro atoms. The van der Waals surface area contributed by atoms with Gasteiger partial charge in [-0.1, -0.05) is 18.2 Å². The molecule has 0 saturated heterocycles. The minimum atomic E-state index is -0.860. The summed E-state index contributed by atoms with van der Waals surface area (Å²) in [6.45, 7) is 3.56. The molecular weight excluding hydrogens is 310 g/mol. The first-order chi connectivity index (χ1) is 11.5. The van der Waals surface area contributed by atoms with Gasteiger partial charge in [0.15, 0.2) is 6.10 Å². The fraction of sp³-hybridized carbons (Fsp3) is 0.294. The van der Waals surface area contributed by atoms with Gasteiger partial charge in [-0.25, -0.2) is 0 Å². The van der Waals surface area contributed by atoms with Crippen LogP contribution >= 0.6 is 0 Å². The van der Waals surface area contributed by atoms with Crippen molar-refractivity contribution in [3.63, 3.8) is 0 Å². The molecule has 0 radical (unpaired) electrons. The van der Waals surface area contributed by atoms with Crippen molar-refractivity contribution in [3.05, 3.63) is 58.3 Å². The molecule has 0 fully saturated rings. The Hall–Kier alpha value is -2.96. The van der Waals surface area contributed by atoms with Gasteiger partial charge in [-0.3, -0.25) is 4.79 Å². The molecule has 0 aliphatic carbocycles. The number of hydrogen-bond donors (Lipinski definition) is 0. The third-order valence-electron chi connectivity index (χ3n) is 4.02. The van der Waals surface area contributed by atoms with E-state index in [0.717, 1.165) is 17.7 Å². The molecule has 124 valence electrons. The monoisotopic (exact) mass is 327 g/mol. The van der Waals surface area contributed by atoms with E-state index in [-0.39, 0.29) is 17.7 Å². The highest BCUT2D eigenvalue weighted by atomic mass is 16.6. The van der Waals surface area contributed by atoms with E-state index in [1.165, 1.54) is 18.3 Å². The predicted molar refractivity (Wildman–Crippen MR) is 88.1 cm³/mol. The number of para-hydroxylation sites is 1. The Morgan fingerprint density at radius 1 is 1.38 bits per heavy atom. The molecule has 0 unspecified atom stereocenters. The Morgan fingerprint density at radius 3 is 2.88 bits per heavy atom. The second-order valence-electron chi connectivity index (χ2n) is 5.73. The fourth-order valence-corrected chi connectivity index (χ4v) is 2.95. The molecule has 2 heterocycles. The molecule has 1 aromatic heterocycles. The van der Waals surface area contributed by atoms with Crippen molar-refractivity contribution in [2.45, 2.75) is 32.4 Å². The molecular formula is C17H17N3O4. The molecule has 0 N–H and O–H groups in total. The van der Waals surface area contributed by atoms with Crippen molar-refractivity contribution in [3.8, 4) is 5.75 Å².